The fourth-order valence-electron chi connectivity index (χ4n) is 3.42. The summed E-state index contributed by atoms with van der Waals surface area (Å²) in [5.74, 6) is -0.159. The Labute approximate surface area is 136 Å². The highest BCUT2D eigenvalue weighted by Crippen LogP contribution is 2.32. The first-order valence-corrected chi connectivity index (χ1v) is 8.16. The minimum absolute atomic E-state index is 0.139. The van der Waals surface area contributed by atoms with E-state index in [2.05, 4.69) is 32.0 Å². The highest BCUT2D eigenvalue weighted by molar-refractivity contribution is 5.94. The van der Waals surface area contributed by atoms with Gasteiger partial charge in [0.2, 0.25) is 0 Å². The Balaban J connectivity index is 2.23. The molecule has 0 saturated heterocycles. The molecule has 1 aliphatic carbocycles. The molecular formula is C19H23N3O. The fraction of sp³-hybridized carbons (Fsp3) is 0.368. The number of hydrogen-bond acceptors (Lipinski definition) is 2. The Morgan fingerprint density at radius 1 is 1.13 bits per heavy atom. The number of nitrogens with zero attached hydrogens (tertiary/aromatic N) is 1. The van der Waals surface area contributed by atoms with E-state index in [1.165, 1.54) is 11.1 Å². The highest BCUT2D eigenvalue weighted by atomic mass is 16.1. The monoisotopic (exact) mass is 309 g/mol. The third-order valence-corrected chi connectivity index (χ3v) is 4.90. The van der Waals surface area contributed by atoms with Gasteiger partial charge in [0, 0.05) is 6.04 Å². The Morgan fingerprint density at radius 3 is 2.43 bits per heavy atom. The zero-order chi connectivity index (χ0) is 16.6. The van der Waals surface area contributed by atoms with Crippen molar-refractivity contribution in [3.05, 3.63) is 57.4 Å². The SMILES string of the molecule is Cc1ccc(-c2ccc(C(=N)N)c(=O)n2C2CCCC2)cc1C. The van der Waals surface area contributed by atoms with Gasteiger partial charge in [0.15, 0.2) is 0 Å². The molecule has 23 heavy (non-hydrogen) atoms. The van der Waals surface area contributed by atoms with Crippen molar-refractivity contribution >= 4 is 5.84 Å². The largest absolute Gasteiger partial charge is 0.384 e. The lowest BCUT2D eigenvalue weighted by molar-refractivity contribution is 0.507. The van der Waals surface area contributed by atoms with Crippen molar-refractivity contribution in [2.75, 3.05) is 0 Å². The van der Waals surface area contributed by atoms with Gasteiger partial charge in [0.1, 0.15) is 5.84 Å². The van der Waals surface area contributed by atoms with Crippen molar-refractivity contribution < 1.29 is 0 Å². The third kappa shape index (κ3) is 2.81. The zero-order valence-electron chi connectivity index (χ0n) is 13.7. The summed E-state index contributed by atoms with van der Waals surface area (Å²) in [7, 11) is 0. The van der Waals surface area contributed by atoms with E-state index < -0.39 is 0 Å². The second-order valence-corrected chi connectivity index (χ2v) is 6.46. The Kier molecular flexibility index (Phi) is 4.07. The number of nitrogen functional groups attached to an aromatic ring is 1. The van der Waals surface area contributed by atoms with Crippen LogP contribution in [0.5, 0.6) is 0 Å². The van der Waals surface area contributed by atoms with Gasteiger partial charge in [-0.2, -0.15) is 0 Å². The standard InChI is InChI=1S/C19H23N3O/c1-12-7-8-14(11-13(12)2)17-10-9-16(18(20)21)19(23)22(17)15-5-3-4-6-15/h7-11,15H,3-6H2,1-2H3,(H3,20,21). The Morgan fingerprint density at radius 2 is 1.83 bits per heavy atom. The maximum atomic E-state index is 12.9. The number of aromatic nitrogens is 1. The predicted molar refractivity (Wildman–Crippen MR) is 94.1 cm³/mol. The molecule has 0 aliphatic heterocycles. The summed E-state index contributed by atoms with van der Waals surface area (Å²) in [6, 6.07) is 10.1. The van der Waals surface area contributed by atoms with Gasteiger partial charge in [-0.15, -0.1) is 0 Å². The number of benzene rings is 1. The molecule has 0 unspecified atom stereocenters. The van der Waals surface area contributed by atoms with Crippen LogP contribution in [0.4, 0.5) is 0 Å². The van der Waals surface area contributed by atoms with E-state index in [-0.39, 0.29) is 17.4 Å². The van der Waals surface area contributed by atoms with Gasteiger partial charge >= 0.3 is 0 Å². The molecule has 3 rings (SSSR count). The number of aryl methyl sites for hydroxylation is 2. The molecule has 0 atom stereocenters. The third-order valence-electron chi connectivity index (χ3n) is 4.90. The van der Waals surface area contributed by atoms with Crippen LogP contribution in [-0.2, 0) is 0 Å². The van der Waals surface area contributed by atoms with E-state index in [1.807, 2.05) is 10.6 Å². The predicted octanol–water partition coefficient (Wildman–Crippen LogP) is 3.53. The summed E-state index contributed by atoms with van der Waals surface area (Å²) in [4.78, 5) is 12.9. The summed E-state index contributed by atoms with van der Waals surface area (Å²) in [5.41, 5.74) is 10.2. The zero-order valence-corrected chi connectivity index (χ0v) is 13.7. The number of pyridine rings is 1. The molecule has 120 valence electrons. The molecule has 3 N–H and O–H groups in total. The maximum absolute atomic E-state index is 12.9. The lowest BCUT2D eigenvalue weighted by Gasteiger charge is -2.20. The van der Waals surface area contributed by atoms with Crippen LogP contribution in [0.2, 0.25) is 0 Å². The molecule has 0 spiro atoms. The van der Waals surface area contributed by atoms with Crippen LogP contribution in [0.3, 0.4) is 0 Å². The second kappa shape index (κ2) is 6.03. The first-order chi connectivity index (χ1) is 11.0. The van der Waals surface area contributed by atoms with Crippen LogP contribution in [0.1, 0.15) is 48.4 Å². The Hall–Kier alpha value is -2.36. The quantitative estimate of drug-likeness (QED) is 0.672. The molecule has 2 aromatic rings. The van der Waals surface area contributed by atoms with Gasteiger partial charge in [0.25, 0.3) is 5.56 Å². The van der Waals surface area contributed by atoms with Gasteiger partial charge in [0.05, 0.1) is 11.3 Å². The smallest absolute Gasteiger partial charge is 0.262 e. The van der Waals surface area contributed by atoms with Gasteiger partial charge in [-0.1, -0.05) is 25.0 Å². The number of nitrogens with one attached hydrogen (secondary N) is 1. The average molecular weight is 309 g/mol. The van der Waals surface area contributed by atoms with Gasteiger partial charge in [-0.05, 0) is 61.6 Å². The van der Waals surface area contributed by atoms with Crippen molar-refractivity contribution in [3.63, 3.8) is 0 Å². The molecular weight excluding hydrogens is 286 g/mol. The van der Waals surface area contributed by atoms with Crippen molar-refractivity contribution in [1.29, 1.82) is 5.41 Å². The normalized spacial score (nSPS) is 15.0. The number of nitrogens with two attached hydrogens (primary N) is 1. The number of rotatable bonds is 3. The van der Waals surface area contributed by atoms with E-state index in [0.717, 1.165) is 36.9 Å². The average Bonchev–Trinajstić information content (AvgIpc) is 3.03. The fourth-order valence-corrected chi connectivity index (χ4v) is 3.42. The van der Waals surface area contributed by atoms with E-state index >= 15 is 0 Å². The molecule has 0 bridgehead atoms. The lowest BCUT2D eigenvalue weighted by Crippen LogP contribution is -2.32. The molecule has 1 aliphatic rings. The summed E-state index contributed by atoms with van der Waals surface area (Å²) < 4.78 is 1.87. The van der Waals surface area contributed by atoms with Crippen LogP contribution in [0.25, 0.3) is 11.3 Å². The summed E-state index contributed by atoms with van der Waals surface area (Å²) in [6.45, 7) is 4.17. The van der Waals surface area contributed by atoms with E-state index in [0.29, 0.717) is 5.56 Å². The number of amidine groups is 1. The summed E-state index contributed by atoms with van der Waals surface area (Å²) in [6.07, 6.45) is 4.32. The topological polar surface area (TPSA) is 71.9 Å². The van der Waals surface area contributed by atoms with Crippen LogP contribution < -0.4 is 11.3 Å². The van der Waals surface area contributed by atoms with E-state index in [1.54, 1.807) is 6.07 Å². The first-order valence-electron chi connectivity index (χ1n) is 8.16. The van der Waals surface area contributed by atoms with E-state index in [4.69, 9.17) is 11.1 Å². The van der Waals surface area contributed by atoms with Crippen molar-refractivity contribution in [1.82, 2.24) is 4.57 Å². The number of hydrogen-bond donors (Lipinski definition) is 2. The molecule has 1 saturated carbocycles. The lowest BCUT2D eigenvalue weighted by atomic mass is 10.0. The molecule has 1 fully saturated rings. The molecule has 0 radical (unpaired) electrons. The summed E-state index contributed by atoms with van der Waals surface area (Å²) in [5, 5.41) is 7.65. The minimum atomic E-state index is -0.159. The first kappa shape index (κ1) is 15.5. The summed E-state index contributed by atoms with van der Waals surface area (Å²) >= 11 is 0. The van der Waals surface area contributed by atoms with Crippen molar-refractivity contribution in [3.8, 4) is 11.3 Å². The maximum Gasteiger partial charge on any atom is 0.262 e. The van der Waals surface area contributed by atoms with Crippen molar-refractivity contribution in [2.45, 2.75) is 45.6 Å². The van der Waals surface area contributed by atoms with Crippen LogP contribution in [0.15, 0.2) is 35.1 Å². The Bertz CT molecular complexity index is 814. The van der Waals surface area contributed by atoms with Crippen molar-refractivity contribution in [2.24, 2.45) is 5.73 Å². The molecule has 0 amide bonds. The molecule has 1 aromatic heterocycles. The molecule has 1 aromatic carbocycles. The van der Waals surface area contributed by atoms with Gasteiger partial charge in [-0.25, -0.2) is 0 Å². The van der Waals surface area contributed by atoms with E-state index in [9.17, 15) is 4.79 Å². The molecule has 4 nitrogen and oxygen atoms in total. The van der Waals surface area contributed by atoms with Gasteiger partial charge < -0.3 is 10.3 Å². The minimum Gasteiger partial charge on any atom is -0.384 e. The molecule has 4 heteroatoms. The second-order valence-electron chi connectivity index (χ2n) is 6.46. The van der Waals surface area contributed by atoms with Crippen LogP contribution >= 0.6 is 0 Å². The van der Waals surface area contributed by atoms with Gasteiger partial charge in [-0.3, -0.25) is 10.2 Å². The highest BCUT2D eigenvalue weighted by Gasteiger charge is 2.23. The molecule has 1 heterocycles. The van der Waals surface area contributed by atoms with Crippen LogP contribution in [-0.4, -0.2) is 10.4 Å². The van der Waals surface area contributed by atoms with Crippen LogP contribution in [0, 0.1) is 19.3 Å².